The molecule has 16 heavy (non-hydrogen) atoms. The Kier molecular flexibility index (Phi) is 2.23. The maximum atomic E-state index is 11.9. The van der Waals surface area contributed by atoms with Gasteiger partial charge < -0.3 is 5.32 Å². The standard InChI is InChI=1S/C10H10N4O2/c1-5(2)7-9(15)13-8-6(11-3)4-12-14(8)10(7)16/h4-5,7H,1-2H3,(H,13,15). The molecule has 2 rings (SSSR count). The highest BCUT2D eigenvalue weighted by molar-refractivity contribution is 6.13. The molecule has 1 amide bonds. The highest BCUT2D eigenvalue weighted by atomic mass is 16.2. The number of carbonyl (C=O) groups excluding carboxylic acids is 2. The third-order valence-corrected chi connectivity index (χ3v) is 2.54. The minimum atomic E-state index is -0.731. The predicted molar refractivity (Wildman–Crippen MR) is 56.1 cm³/mol. The maximum absolute atomic E-state index is 11.9. The third-order valence-electron chi connectivity index (χ3n) is 2.54. The van der Waals surface area contributed by atoms with Crippen molar-refractivity contribution in [2.45, 2.75) is 13.8 Å². The summed E-state index contributed by atoms with van der Waals surface area (Å²) in [6.07, 6.45) is 1.28. The molecule has 0 fully saturated rings. The van der Waals surface area contributed by atoms with Gasteiger partial charge in [-0.25, -0.2) is 4.85 Å². The molecule has 82 valence electrons. The van der Waals surface area contributed by atoms with E-state index < -0.39 is 5.92 Å². The summed E-state index contributed by atoms with van der Waals surface area (Å²) in [6.45, 7) is 10.5. The predicted octanol–water partition coefficient (Wildman–Crippen LogP) is 1.30. The first-order valence-corrected chi connectivity index (χ1v) is 4.86. The maximum Gasteiger partial charge on any atom is 0.260 e. The number of anilines is 1. The van der Waals surface area contributed by atoms with Crippen LogP contribution in [-0.2, 0) is 4.79 Å². The van der Waals surface area contributed by atoms with Gasteiger partial charge in [-0.1, -0.05) is 13.8 Å². The van der Waals surface area contributed by atoms with Crippen LogP contribution in [-0.4, -0.2) is 21.6 Å². The fourth-order valence-electron chi connectivity index (χ4n) is 1.73. The average Bonchev–Trinajstić information content (AvgIpc) is 2.60. The molecular formula is C10H10N4O2. The number of aromatic nitrogens is 2. The molecule has 1 N–H and O–H groups in total. The first kappa shape index (κ1) is 10.4. The second kappa shape index (κ2) is 3.45. The van der Waals surface area contributed by atoms with Crippen LogP contribution in [0.3, 0.4) is 0 Å². The van der Waals surface area contributed by atoms with Crippen molar-refractivity contribution < 1.29 is 9.59 Å². The van der Waals surface area contributed by atoms with E-state index in [1.807, 2.05) is 0 Å². The summed E-state index contributed by atoms with van der Waals surface area (Å²) >= 11 is 0. The molecule has 6 nitrogen and oxygen atoms in total. The van der Waals surface area contributed by atoms with Crippen molar-refractivity contribution in [3.8, 4) is 0 Å². The Morgan fingerprint density at radius 2 is 2.25 bits per heavy atom. The Bertz CT molecular complexity index is 509. The average molecular weight is 218 g/mol. The van der Waals surface area contributed by atoms with E-state index in [1.54, 1.807) is 13.8 Å². The molecule has 0 aliphatic carbocycles. The zero-order valence-corrected chi connectivity index (χ0v) is 8.89. The largest absolute Gasteiger partial charge is 0.319 e. The molecule has 0 saturated heterocycles. The van der Waals surface area contributed by atoms with Gasteiger partial charge in [-0.15, -0.1) is 0 Å². The second-order valence-corrected chi connectivity index (χ2v) is 3.95. The minimum absolute atomic E-state index is 0.0961. The van der Waals surface area contributed by atoms with Gasteiger partial charge in [0.15, 0.2) is 0 Å². The van der Waals surface area contributed by atoms with Crippen LogP contribution in [0.1, 0.15) is 18.6 Å². The summed E-state index contributed by atoms with van der Waals surface area (Å²) in [5.74, 6) is -1.38. The number of hydrogen-bond donors (Lipinski definition) is 1. The number of nitrogens with zero attached hydrogens (tertiary/aromatic N) is 3. The Morgan fingerprint density at radius 3 is 2.81 bits per heavy atom. The monoisotopic (exact) mass is 218 g/mol. The smallest absolute Gasteiger partial charge is 0.260 e. The number of hydrogen-bond acceptors (Lipinski definition) is 3. The molecule has 0 aromatic carbocycles. The lowest BCUT2D eigenvalue weighted by atomic mass is 9.93. The van der Waals surface area contributed by atoms with E-state index in [4.69, 9.17) is 6.57 Å². The summed E-state index contributed by atoms with van der Waals surface area (Å²) in [4.78, 5) is 26.8. The molecule has 0 saturated carbocycles. The van der Waals surface area contributed by atoms with Crippen LogP contribution in [0.4, 0.5) is 11.5 Å². The molecule has 1 aromatic rings. The fraction of sp³-hybridized carbons (Fsp3) is 0.400. The van der Waals surface area contributed by atoms with Gasteiger partial charge in [0.05, 0.1) is 12.8 Å². The van der Waals surface area contributed by atoms with Crippen molar-refractivity contribution in [1.29, 1.82) is 0 Å². The summed E-state index contributed by atoms with van der Waals surface area (Å²) in [5.41, 5.74) is 0.184. The van der Waals surface area contributed by atoms with Gasteiger partial charge in [0.25, 0.3) is 5.91 Å². The number of rotatable bonds is 1. The van der Waals surface area contributed by atoms with Gasteiger partial charge in [-0.05, 0) is 5.92 Å². The first-order chi connectivity index (χ1) is 7.56. The normalized spacial score (nSPS) is 19.2. The lowest BCUT2D eigenvalue weighted by Crippen LogP contribution is -2.42. The SMILES string of the molecule is [C-]#[N+]c1cnn2c1NC(=O)C(C(C)C)C2=O. The van der Waals surface area contributed by atoms with Crippen molar-refractivity contribution in [1.82, 2.24) is 9.78 Å². The molecule has 1 aromatic heterocycles. The van der Waals surface area contributed by atoms with Gasteiger partial charge in [-0.2, -0.15) is 9.78 Å². The van der Waals surface area contributed by atoms with E-state index >= 15 is 0 Å². The van der Waals surface area contributed by atoms with E-state index in [1.165, 1.54) is 6.20 Å². The second-order valence-electron chi connectivity index (χ2n) is 3.95. The summed E-state index contributed by atoms with van der Waals surface area (Å²) in [7, 11) is 0. The molecule has 6 heteroatoms. The Labute approximate surface area is 92.1 Å². The number of amides is 1. The summed E-state index contributed by atoms with van der Waals surface area (Å²) in [6, 6.07) is 0. The van der Waals surface area contributed by atoms with Crippen LogP contribution in [0, 0.1) is 18.4 Å². The Balaban J connectivity index is 2.52. The molecular weight excluding hydrogens is 208 g/mol. The molecule has 0 spiro atoms. The van der Waals surface area contributed by atoms with Crippen LogP contribution in [0.25, 0.3) is 4.85 Å². The molecule has 1 unspecified atom stereocenters. The van der Waals surface area contributed by atoms with E-state index in [-0.39, 0.29) is 29.2 Å². The van der Waals surface area contributed by atoms with E-state index in [2.05, 4.69) is 15.3 Å². The lowest BCUT2D eigenvalue weighted by molar-refractivity contribution is -0.120. The van der Waals surface area contributed by atoms with Crippen LogP contribution >= 0.6 is 0 Å². The van der Waals surface area contributed by atoms with Crippen LogP contribution in [0.15, 0.2) is 6.20 Å². The summed E-state index contributed by atoms with van der Waals surface area (Å²) in [5, 5.41) is 6.36. The zero-order valence-electron chi connectivity index (χ0n) is 8.89. The van der Waals surface area contributed by atoms with Gasteiger partial charge in [-0.3, -0.25) is 9.59 Å². The summed E-state index contributed by atoms with van der Waals surface area (Å²) < 4.78 is 1.10. The molecule has 0 radical (unpaired) electrons. The van der Waals surface area contributed by atoms with Crippen LogP contribution in [0.5, 0.6) is 0 Å². The molecule has 1 aliphatic rings. The zero-order chi connectivity index (χ0) is 11.9. The highest BCUT2D eigenvalue weighted by Gasteiger charge is 2.38. The topological polar surface area (TPSA) is 68.3 Å². The van der Waals surface area contributed by atoms with Gasteiger partial charge in [0.1, 0.15) is 11.7 Å². The minimum Gasteiger partial charge on any atom is -0.319 e. The number of nitrogens with one attached hydrogen (secondary N) is 1. The van der Waals surface area contributed by atoms with Crippen molar-refractivity contribution in [2.75, 3.05) is 5.32 Å². The molecule has 1 atom stereocenters. The third kappa shape index (κ3) is 1.29. The van der Waals surface area contributed by atoms with Crippen molar-refractivity contribution in [3.05, 3.63) is 17.6 Å². The van der Waals surface area contributed by atoms with Crippen LogP contribution in [0.2, 0.25) is 0 Å². The molecule has 0 bridgehead atoms. The van der Waals surface area contributed by atoms with E-state index in [9.17, 15) is 9.59 Å². The molecule has 2 heterocycles. The number of fused-ring (bicyclic) bond motifs is 1. The van der Waals surface area contributed by atoms with Crippen LogP contribution < -0.4 is 5.32 Å². The quantitative estimate of drug-likeness (QED) is 0.570. The van der Waals surface area contributed by atoms with Crippen molar-refractivity contribution >= 4 is 23.3 Å². The number of carbonyl (C=O) groups is 2. The lowest BCUT2D eigenvalue weighted by Gasteiger charge is -2.24. The van der Waals surface area contributed by atoms with Gasteiger partial charge in [0, 0.05) is 0 Å². The Hall–Kier alpha value is -2.16. The van der Waals surface area contributed by atoms with Gasteiger partial charge >= 0.3 is 0 Å². The van der Waals surface area contributed by atoms with Gasteiger partial charge in [0.2, 0.25) is 11.6 Å². The molecule has 1 aliphatic heterocycles. The van der Waals surface area contributed by atoms with E-state index in [0.29, 0.717) is 0 Å². The van der Waals surface area contributed by atoms with Crippen molar-refractivity contribution in [3.63, 3.8) is 0 Å². The fourth-order valence-corrected chi connectivity index (χ4v) is 1.73. The Morgan fingerprint density at radius 1 is 1.56 bits per heavy atom. The highest BCUT2D eigenvalue weighted by Crippen LogP contribution is 2.30. The van der Waals surface area contributed by atoms with Crippen molar-refractivity contribution in [2.24, 2.45) is 11.8 Å². The first-order valence-electron chi connectivity index (χ1n) is 4.86. The van der Waals surface area contributed by atoms with E-state index in [0.717, 1.165) is 4.68 Å².